The molecule has 3 heteroatoms. The van der Waals surface area contributed by atoms with E-state index in [1.54, 1.807) is 0 Å². The molecule has 7 heavy (non-hydrogen) atoms. The normalized spacial score (nSPS) is 8.57. The Kier molecular flexibility index (Phi) is 9.77. The molecule has 0 rings (SSSR count). The Balaban J connectivity index is 0. The van der Waals surface area contributed by atoms with Gasteiger partial charge < -0.3 is 10.2 Å². The summed E-state index contributed by atoms with van der Waals surface area (Å²) < 4.78 is 0. The van der Waals surface area contributed by atoms with Crippen LogP contribution in [-0.4, -0.2) is 35.4 Å². The first kappa shape index (κ1) is 10.5. The zero-order valence-corrected chi connectivity index (χ0v) is 3.89. The van der Waals surface area contributed by atoms with Crippen LogP contribution in [0, 0.1) is 0 Å². The van der Waals surface area contributed by atoms with Gasteiger partial charge in [0.1, 0.15) is 0 Å². The standard InChI is InChI=1S/C4H10O2.Li.H/c1-2-3-4(5)6;;/h4-6H,2-3H2,1H3;;. The van der Waals surface area contributed by atoms with Gasteiger partial charge in [0.05, 0.1) is 0 Å². The van der Waals surface area contributed by atoms with Gasteiger partial charge in [-0.15, -0.1) is 0 Å². The molecule has 0 bridgehead atoms. The van der Waals surface area contributed by atoms with Crippen LogP contribution in [0.3, 0.4) is 0 Å². The van der Waals surface area contributed by atoms with Gasteiger partial charge >= 0.3 is 18.9 Å². The second-order valence-electron chi connectivity index (χ2n) is 1.27. The van der Waals surface area contributed by atoms with Crippen LogP contribution >= 0.6 is 0 Å². The molecule has 0 aromatic carbocycles. The summed E-state index contributed by atoms with van der Waals surface area (Å²) in [6, 6.07) is 0. The van der Waals surface area contributed by atoms with Gasteiger partial charge in [0.25, 0.3) is 0 Å². The zero-order valence-electron chi connectivity index (χ0n) is 3.89. The second-order valence-corrected chi connectivity index (χ2v) is 1.27. The molecular formula is C4H11LiO2. The third-order valence-corrected chi connectivity index (χ3v) is 0.547. The van der Waals surface area contributed by atoms with Crippen molar-refractivity contribution in [2.24, 2.45) is 0 Å². The first-order valence-electron chi connectivity index (χ1n) is 2.13. The van der Waals surface area contributed by atoms with Crippen molar-refractivity contribution in [2.75, 3.05) is 0 Å². The molecule has 0 saturated heterocycles. The maximum absolute atomic E-state index is 8.11. The summed E-state index contributed by atoms with van der Waals surface area (Å²) >= 11 is 0. The monoisotopic (exact) mass is 98.1 g/mol. The van der Waals surface area contributed by atoms with Crippen molar-refractivity contribution in [2.45, 2.75) is 26.1 Å². The SMILES string of the molecule is CCCC(O)O.[LiH]. The Labute approximate surface area is 55.7 Å². The van der Waals surface area contributed by atoms with Crippen LogP contribution in [0.15, 0.2) is 0 Å². The van der Waals surface area contributed by atoms with Gasteiger partial charge in [-0.1, -0.05) is 13.3 Å². The Morgan fingerprint density at radius 1 is 1.43 bits per heavy atom. The fourth-order valence-corrected chi connectivity index (χ4v) is 0.258. The molecule has 0 radical (unpaired) electrons. The molecule has 0 aromatic rings. The van der Waals surface area contributed by atoms with Crippen molar-refractivity contribution in [1.82, 2.24) is 0 Å². The van der Waals surface area contributed by atoms with E-state index in [1.807, 2.05) is 6.92 Å². The Bertz CT molecular complexity index is 30.9. The molecule has 0 heterocycles. The summed E-state index contributed by atoms with van der Waals surface area (Å²) in [6.07, 6.45) is 0.215. The van der Waals surface area contributed by atoms with Crippen LogP contribution < -0.4 is 0 Å². The van der Waals surface area contributed by atoms with E-state index in [1.165, 1.54) is 0 Å². The second kappa shape index (κ2) is 6.52. The number of rotatable bonds is 2. The molecule has 0 aliphatic rings. The van der Waals surface area contributed by atoms with Crippen molar-refractivity contribution in [3.63, 3.8) is 0 Å². The van der Waals surface area contributed by atoms with E-state index in [2.05, 4.69) is 0 Å². The molecule has 0 fully saturated rings. The average Bonchev–Trinajstić information content (AvgIpc) is 1.35. The van der Waals surface area contributed by atoms with Crippen LogP contribution in [0.25, 0.3) is 0 Å². The van der Waals surface area contributed by atoms with Crippen molar-refractivity contribution < 1.29 is 10.2 Å². The molecular weight excluding hydrogens is 87.0 g/mol. The minimum absolute atomic E-state index is 0. The van der Waals surface area contributed by atoms with E-state index >= 15 is 0 Å². The van der Waals surface area contributed by atoms with Crippen molar-refractivity contribution >= 4 is 18.9 Å². The molecule has 0 aromatic heterocycles. The van der Waals surface area contributed by atoms with Crippen molar-refractivity contribution in [3.8, 4) is 0 Å². The molecule has 0 atom stereocenters. The number of aliphatic hydroxyl groups excluding tert-OH is 1. The summed E-state index contributed by atoms with van der Waals surface area (Å²) in [7, 11) is 0. The molecule has 0 spiro atoms. The molecule has 0 unspecified atom stereocenters. The van der Waals surface area contributed by atoms with Gasteiger partial charge in [0.2, 0.25) is 0 Å². The van der Waals surface area contributed by atoms with E-state index in [-0.39, 0.29) is 18.9 Å². The van der Waals surface area contributed by atoms with Gasteiger partial charge in [-0.25, -0.2) is 0 Å². The zero-order chi connectivity index (χ0) is 4.99. The van der Waals surface area contributed by atoms with Gasteiger partial charge in [0, 0.05) is 0 Å². The Hall–Kier alpha value is 0.517. The fraction of sp³-hybridized carbons (Fsp3) is 1.00. The molecule has 40 valence electrons. The first-order chi connectivity index (χ1) is 2.77. The quantitative estimate of drug-likeness (QED) is 0.359. The Morgan fingerprint density at radius 2 is 1.86 bits per heavy atom. The summed E-state index contributed by atoms with van der Waals surface area (Å²) in [5.74, 6) is 0. The number of hydrogen-bond donors (Lipinski definition) is 2. The van der Waals surface area contributed by atoms with Gasteiger partial charge in [-0.2, -0.15) is 0 Å². The third-order valence-electron chi connectivity index (χ3n) is 0.547. The summed E-state index contributed by atoms with van der Waals surface area (Å²) in [5, 5.41) is 16.2. The molecule has 2 N–H and O–H groups in total. The molecule has 0 aliphatic heterocycles. The van der Waals surface area contributed by atoms with Crippen LogP contribution in [0.4, 0.5) is 0 Å². The fourth-order valence-electron chi connectivity index (χ4n) is 0.258. The predicted octanol–water partition coefficient (Wildman–Crippen LogP) is -0.551. The van der Waals surface area contributed by atoms with E-state index in [0.717, 1.165) is 6.42 Å². The minimum atomic E-state index is -1.10. The van der Waals surface area contributed by atoms with Crippen molar-refractivity contribution in [1.29, 1.82) is 0 Å². The third kappa shape index (κ3) is 10.7. The number of hydrogen-bond acceptors (Lipinski definition) is 2. The Morgan fingerprint density at radius 3 is 1.86 bits per heavy atom. The predicted molar refractivity (Wildman–Crippen MR) is 30.3 cm³/mol. The van der Waals surface area contributed by atoms with E-state index in [4.69, 9.17) is 10.2 Å². The van der Waals surface area contributed by atoms with Crippen LogP contribution in [0.1, 0.15) is 19.8 Å². The average molecular weight is 98.1 g/mol. The topological polar surface area (TPSA) is 40.5 Å². The maximum atomic E-state index is 8.11. The van der Waals surface area contributed by atoms with Gasteiger partial charge in [0.15, 0.2) is 6.29 Å². The summed E-state index contributed by atoms with van der Waals surface area (Å²) in [6.45, 7) is 1.90. The van der Waals surface area contributed by atoms with E-state index in [9.17, 15) is 0 Å². The van der Waals surface area contributed by atoms with E-state index < -0.39 is 6.29 Å². The molecule has 0 amide bonds. The summed E-state index contributed by atoms with van der Waals surface area (Å²) in [4.78, 5) is 0. The first-order valence-corrected chi connectivity index (χ1v) is 2.13. The molecule has 2 nitrogen and oxygen atoms in total. The van der Waals surface area contributed by atoms with Crippen molar-refractivity contribution in [3.05, 3.63) is 0 Å². The molecule has 0 saturated carbocycles. The van der Waals surface area contributed by atoms with Crippen LogP contribution in [0.5, 0.6) is 0 Å². The van der Waals surface area contributed by atoms with E-state index in [0.29, 0.717) is 6.42 Å². The van der Waals surface area contributed by atoms with Crippen LogP contribution in [0.2, 0.25) is 0 Å². The van der Waals surface area contributed by atoms with Gasteiger partial charge in [-0.3, -0.25) is 0 Å². The molecule has 0 aliphatic carbocycles. The summed E-state index contributed by atoms with van der Waals surface area (Å²) in [5.41, 5.74) is 0. The van der Waals surface area contributed by atoms with Gasteiger partial charge in [-0.05, 0) is 6.42 Å². The van der Waals surface area contributed by atoms with Crippen LogP contribution in [-0.2, 0) is 0 Å². The number of aliphatic hydroxyl groups is 2.